The van der Waals surface area contributed by atoms with Crippen molar-refractivity contribution in [1.29, 1.82) is 5.26 Å². The fourth-order valence-corrected chi connectivity index (χ4v) is 2.29. The number of carbonyl (C=O) groups is 2. The number of ether oxygens (including phenoxy) is 2. The lowest BCUT2D eigenvalue weighted by Gasteiger charge is -2.28. The quantitative estimate of drug-likeness (QED) is 0.543. The first-order valence-electron chi connectivity index (χ1n) is 8.54. The number of nitrogens with zero attached hydrogens (tertiary/aromatic N) is 1. The van der Waals surface area contributed by atoms with Gasteiger partial charge in [-0.1, -0.05) is 26.7 Å². The highest BCUT2D eigenvalue weighted by atomic mass is 16.5. The zero-order valence-corrected chi connectivity index (χ0v) is 15.3. The van der Waals surface area contributed by atoms with Crippen molar-refractivity contribution in [2.75, 3.05) is 11.9 Å². The minimum atomic E-state index is -0.923. The molecule has 0 bridgehead atoms. The summed E-state index contributed by atoms with van der Waals surface area (Å²) in [6.45, 7) is 7.60. The molecule has 0 aliphatic heterocycles. The number of amides is 1. The molecule has 0 unspecified atom stereocenters. The van der Waals surface area contributed by atoms with Gasteiger partial charge in [0.2, 0.25) is 0 Å². The van der Waals surface area contributed by atoms with Crippen LogP contribution in [0.2, 0.25) is 0 Å². The van der Waals surface area contributed by atoms with Gasteiger partial charge in [-0.15, -0.1) is 0 Å². The molecule has 0 saturated heterocycles. The maximum atomic E-state index is 12.7. The van der Waals surface area contributed by atoms with E-state index < -0.39 is 11.6 Å². The molecule has 0 heterocycles. The van der Waals surface area contributed by atoms with Crippen LogP contribution in [-0.2, 0) is 14.3 Å². The minimum Gasteiger partial charge on any atom is -0.425 e. The third-order valence-electron chi connectivity index (χ3n) is 3.72. The van der Waals surface area contributed by atoms with Crippen LogP contribution in [0.15, 0.2) is 18.2 Å². The van der Waals surface area contributed by atoms with Gasteiger partial charge in [0.05, 0.1) is 5.56 Å². The summed E-state index contributed by atoms with van der Waals surface area (Å²) in [5, 5.41) is 12.0. The Hall–Kier alpha value is -2.39. The van der Waals surface area contributed by atoms with E-state index in [-0.39, 0.29) is 17.2 Å². The summed E-state index contributed by atoms with van der Waals surface area (Å²) in [6, 6.07) is 6.53. The summed E-state index contributed by atoms with van der Waals surface area (Å²) in [5.41, 5.74) is -0.286. The number of unbranched alkanes of at least 4 members (excludes halogenated alkanes) is 1. The van der Waals surface area contributed by atoms with Crippen LogP contribution in [0.25, 0.3) is 0 Å². The molecule has 0 spiro atoms. The van der Waals surface area contributed by atoms with Gasteiger partial charge in [0, 0.05) is 19.2 Å². The largest absolute Gasteiger partial charge is 0.425 e. The molecule has 0 fully saturated rings. The Morgan fingerprint density at radius 1 is 1.28 bits per heavy atom. The van der Waals surface area contributed by atoms with E-state index in [9.17, 15) is 14.9 Å². The first kappa shape index (κ1) is 20.7. The van der Waals surface area contributed by atoms with E-state index in [1.807, 2.05) is 13.0 Å². The molecule has 136 valence electrons. The third kappa shape index (κ3) is 6.20. The van der Waals surface area contributed by atoms with Crippen molar-refractivity contribution in [3.05, 3.63) is 23.8 Å². The van der Waals surface area contributed by atoms with Gasteiger partial charge in [0.15, 0.2) is 0 Å². The second-order valence-corrected chi connectivity index (χ2v) is 6.05. The lowest BCUT2D eigenvalue weighted by atomic mass is 9.97. The van der Waals surface area contributed by atoms with Crippen LogP contribution in [0.3, 0.4) is 0 Å². The molecular weight excluding hydrogens is 320 g/mol. The second kappa shape index (κ2) is 9.80. The topological polar surface area (TPSA) is 88.4 Å². The normalized spacial score (nSPS) is 12.8. The van der Waals surface area contributed by atoms with Crippen LogP contribution >= 0.6 is 0 Å². The van der Waals surface area contributed by atoms with E-state index in [0.29, 0.717) is 18.7 Å². The summed E-state index contributed by atoms with van der Waals surface area (Å²) >= 11 is 0. The smallest absolute Gasteiger partial charge is 0.308 e. The highest BCUT2D eigenvalue weighted by Crippen LogP contribution is 2.25. The van der Waals surface area contributed by atoms with Crippen LogP contribution in [-0.4, -0.2) is 24.1 Å². The van der Waals surface area contributed by atoms with Gasteiger partial charge in [-0.25, -0.2) is 0 Å². The fraction of sp³-hybridized carbons (Fsp3) is 0.526. The van der Waals surface area contributed by atoms with Gasteiger partial charge in [-0.05, 0) is 38.0 Å². The summed E-state index contributed by atoms with van der Waals surface area (Å²) in [7, 11) is 0. The number of hydrogen-bond acceptors (Lipinski definition) is 5. The molecule has 0 aliphatic rings. The first-order chi connectivity index (χ1) is 11.9. The molecule has 1 rings (SSSR count). The van der Waals surface area contributed by atoms with Crippen LogP contribution in [0.4, 0.5) is 5.69 Å². The zero-order valence-electron chi connectivity index (χ0n) is 15.3. The molecule has 1 N–H and O–H groups in total. The van der Waals surface area contributed by atoms with Gasteiger partial charge in [0.25, 0.3) is 5.91 Å². The molecule has 6 nitrogen and oxygen atoms in total. The van der Waals surface area contributed by atoms with E-state index in [1.165, 1.54) is 19.1 Å². The standard InChI is InChI=1S/C19H26N2O4/c1-5-7-10-19(4,24-11-6-2)18(23)21-16-8-9-17(25-14(3)22)15(12-16)13-20/h8-9,12H,5-7,10-11H2,1-4H3,(H,21,23)/t19-/m1/s1. The Bertz CT molecular complexity index is 641. The Balaban J connectivity index is 2.95. The Morgan fingerprint density at radius 3 is 2.56 bits per heavy atom. The SMILES string of the molecule is CCCC[C@@](C)(OCCC)C(=O)Nc1ccc(OC(C)=O)c(C#N)c1. The predicted octanol–water partition coefficient (Wildman–Crippen LogP) is 3.80. The van der Waals surface area contributed by atoms with Crippen molar-refractivity contribution in [3.8, 4) is 11.8 Å². The van der Waals surface area contributed by atoms with Crippen molar-refractivity contribution >= 4 is 17.6 Å². The molecule has 1 atom stereocenters. The predicted molar refractivity (Wildman–Crippen MR) is 95.3 cm³/mol. The molecule has 0 aliphatic carbocycles. The number of esters is 1. The van der Waals surface area contributed by atoms with Crippen LogP contribution in [0.1, 0.15) is 58.9 Å². The Labute approximate surface area is 149 Å². The molecule has 1 aromatic carbocycles. The maximum Gasteiger partial charge on any atom is 0.308 e. The van der Waals surface area contributed by atoms with Gasteiger partial charge < -0.3 is 14.8 Å². The number of nitriles is 1. The van der Waals surface area contributed by atoms with Crippen LogP contribution in [0.5, 0.6) is 5.75 Å². The average molecular weight is 346 g/mol. The fourth-order valence-electron chi connectivity index (χ4n) is 2.29. The van der Waals surface area contributed by atoms with Gasteiger partial charge in [-0.2, -0.15) is 5.26 Å². The molecule has 25 heavy (non-hydrogen) atoms. The number of carbonyl (C=O) groups excluding carboxylic acids is 2. The van der Waals surface area contributed by atoms with Crippen LogP contribution in [0, 0.1) is 11.3 Å². The van der Waals surface area contributed by atoms with E-state index >= 15 is 0 Å². The van der Waals surface area contributed by atoms with Crippen molar-refractivity contribution in [3.63, 3.8) is 0 Å². The molecule has 0 aromatic heterocycles. The van der Waals surface area contributed by atoms with Crippen molar-refractivity contribution in [1.82, 2.24) is 0 Å². The van der Waals surface area contributed by atoms with Crippen molar-refractivity contribution in [2.24, 2.45) is 0 Å². The van der Waals surface area contributed by atoms with E-state index in [4.69, 9.17) is 9.47 Å². The highest BCUT2D eigenvalue weighted by Gasteiger charge is 2.33. The Morgan fingerprint density at radius 2 is 2.00 bits per heavy atom. The monoisotopic (exact) mass is 346 g/mol. The Kier molecular flexibility index (Phi) is 8.09. The number of benzene rings is 1. The van der Waals surface area contributed by atoms with E-state index in [0.717, 1.165) is 19.3 Å². The number of nitrogens with one attached hydrogen (secondary N) is 1. The van der Waals surface area contributed by atoms with Gasteiger partial charge >= 0.3 is 5.97 Å². The first-order valence-corrected chi connectivity index (χ1v) is 8.54. The summed E-state index contributed by atoms with van der Waals surface area (Å²) < 4.78 is 10.8. The van der Waals surface area contributed by atoms with Crippen molar-refractivity contribution < 1.29 is 19.1 Å². The third-order valence-corrected chi connectivity index (χ3v) is 3.72. The minimum absolute atomic E-state index is 0.170. The highest BCUT2D eigenvalue weighted by molar-refractivity contribution is 5.97. The van der Waals surface area contributed by atoms with Crippen molar-refractivity contribution in [2.45, 2.75) is 59.0 Å². The van der Waals surface area contributed by atoms with Crippen LogP contribution < -0.4 is 10.1 Å². The molecule has 0 radical (unpaired) electrons. The molecule has 6 heteroatoms. The molecule has 1 amide bonds. The van der Waals surface area contributed by atoms with Gasteiger partial charge in [0.1, 0.15) is 17.4 Å². The summed E-state index contributed by atoms with van der Waals surface area (Å²) in [5.74, 6) is -0.587. The second-order valence-electron chi connectivity index (χ2n) is 6.05. The molecular formula is C19H26N2O4. The number of rotatable bonds is 9. The molecule has 1 aromatic rings. The van der Waals surface area contributed by atoms with E-state index in [2.05, 4.69) is 12.2 Å². The summed E-state index contributed by atoms with van der Waals surface area (Å²) in [4.78, 5) is 23.8. The summed E-state index contributed by atoms with van der Waals surface area (Å²) in [6.07, 6.45) is 3.28. The van der Waals surface area contributed by atoms with E-state index in [1.54, 1.807) is 13.0 Å². The number of hydrogen-bond donors (Lipinski definition) is 1. The average Bonchev–Trinajstić information content (AvgIpc) is 2.58. The van der Waals surface area contributed by atoms with Gasteiger partial charge in [-0.3, -0.25) is 9.59 Å². The lowest BCUT2D eigenvalue weighted by Crippen LogP contribution is -2.43. The lowest BCUT2D eigenvalue weighted by molar-refractivity contribution is -0.140. The zero-order chi connectivity index (χ0) is 18.9. The molecule has 0 saturated carbocycles. The number of anilines is 1. The maximum absolute atomic E-state index is 12.7.